The summed E-state index contributed by atoms with van der Waals surface area (Å²) >= 11 is 0. The lowest BCUT2D eigenvalue weighted by molar-refractivity contribution is 0.0481. The second-order valence-electron chi connectivity index (χ2n) is 4.40. The Labute approximate surface area is 105 Å². The topological polar surface area (TPSA) is 39.2 Å². The molecule has 3 heteroatoms. The van der Waals surface area contributed by atoms with Crippen LogP contribution in [0.3, 0.4) is 0 Å². The Balaban J connectivity index is 2.26. The Kier molecular flexibility index (Phi) is 2.59. The van der Waals surface area contributed by atoms with Crippen molar-refractivity contribution in [2.45, 2.75) is 13.3 Å². The number of pyridine rings is 1. The third-order valence-corrected chi connectivity index (χ3v) is 3.09. The second kappa shape index (κ2) is 4.26. The van der Waals surface area contributed by atoms with Gasteiger partial charge in [-0.15, -0.1) is 0 Å². The van der Waals surface area contributed by atoms with Crippen molar-refractivity contribution in [2.75, 3.05) is 6.61 Å². The van der Waals surface area contributed by atoms with Gasteiger partial charge in [-0.2, -0.15) is 0 Å². The van der Waals surface area contributed by atoms with Crippen molar-refractivity contribution in [3.8, 4) is 11.3 Å². The van der Waals surface area contributed by atoms with Crippen LogP contribution in [-0.2, 0) is 11.2 Å². The SMILES string of the molecule is Cc1cc2c(c(-c3ccccc3)n1)C(=O)OCC2. The minimum absolute atomic E-state index is 0.261. The van der Waals surface area contributed by atoms with Crippen molar-refractivity contribution in [1.29, 1.82) is 0 Å². The fourth-order valence-electron chi connectivity index (χ4n) is 2.30. The van der Waals surface area contributed by atoms with E-state index in [1.165, 1.54) is 0 Å². The highest BCUT2D eigenvalue weighted by atomic mass is 16.5. The van der Waals surface area contributed by atoms with Crippen LogP contribution >= 0.6 is 0 Å². The Bertz CT molecular complexity index is 605. The van der Waals surface area contributed by atoms with E-state index in [0.717, 1.165) is 28.9 Å². The maximum atomic E-state index is 11.9. The zero-order chi connectivity index (χ0) is 12.5. The molecular formula is C15H13NO2. The van der Waals surface area contributed by atoms with Crippen LogP contribution in [0.4, 0.5) is 0 Å². The maximum Gasteiger partial charge on any atom is 0.340 e. The van der Waals surface area contributed by atoms with Gasteiger partial charge >= 0.3 is 5.97 Å². The van der Waals surface area contributed by atoms with E-state index in [1.54, 1.807) is 0 Å². The fourth-order valence-corrected chi connectivity index (χ4v) is 2.30. The number of nitrogens with zero attached hydrogens (tertiary/aromatic N) is 1. The predicted octanol–water partition coefficient (Wildman–Crippen LogP) is 2.77. The number of cyclic esters (lactones) is 1. The molecule has 3 rings (SSSR count). The van der Waals surface area contributed by atoms with Gasteiger partial charge in [0.1, 0.15) is 0 Å². The average Bonchev–Trinajstić information content (AvgIpc) is 2.39. The summed E-state index contributed by atoms with van der Waals surface area (Å²) in [6, 6.07) is 11.7. The molecule has 0 spiro atoms. The number of aryl methyl sites for hydroxylation is 1. The highest BCUT2D eigenvalue weighted by molar-refractivity contribution is 5.98. The summed E-state index contributed by atoms with van der Waals surface area (Å²) in [6.45, 7) is 2.41. The minimum atomic E-state index is -0.261. The molecule has 0 aliphatic carbocycles. The summed E-state index contributed by atoms with van der Waals surface area (Å²) in [5.74, 6) is -0.261. The van der Waals surface area contributed by atoms with E-state index in [1.807, 2.05) is 43.3 Å². The normalized spacial score (nSPS) is 13.9. The molecule has 90 valence electrons. The molecule has 0 amide bonds. The average molecular weight is 239 g/mol. The molecule has 0 saturated heterocycles. The molecule has 0 bridgehead atoms. The number of benzene rings is 1. The van der Waals surface area contributed by atoms with E-state index < -0.39 is 0 Å². The lowest BCUT2D eigenvalue weighted by Gasteiger charge is -2.19. The minimum Gasteiger partial charge on any atom is -0.462 e. The van der Waals surface area contributed by atoms with E-state index >= 15 is 0 Å². The van der Waals surface area contributed by atoms with Crippen molar-refractivity contribution in [1.82, 2.24) is 4.98 Å². The molecule has 1 aliphatic heterocycles. The molecule has 1 aliphatic rings. The molecule has 0 N–H and O–H groups in total. The fraction of sp³-hybridized carbons (Fsp3) is 0.200. The third kappa shape index (κ3) is 1.78. The first-order valence-corrected chi connectivity index (χ1v) is 5.99. The summed E-state index contributed by atoms with van der Waals surface area (Å²) in [4.78, 5) is 16.4. The standard InChI is InChI=1S/C15H13NO2/c1-10-9-12-7-8-18-15(17)13(12)14(16-10)11-5-3-2-4-6-11/h2-6,9H,7-8H2,1H3. The van der Waals surface area contributed by atoms with Crippen LogP contribution in [0.15, 0.2) is 36.4 Å². The summed E-state index contributed by atoms with van der Waals surface area (Å²) in [5, 5.41) is 0. The Hall–Kier alpha value is -2.16. The molecule has 2 heterocycles. The summed E-state index contributed by atoms with van der Waals surface area (Å²) < 4.78 is 5.13. The van der Waals surface area contributed by atoms with Crippen LogP contribution in [0.25, 0.3) is 11.3 Å². The van der Waals surface area contributed by atoms with Gasteiger partial charge in [0.25, 0.3) is 0 Å². The Morgan fingerprint density at radius 1 is 1.22 bits per heavy atom. The Morgan fingerprint density at radius 2 is 2.00 bits per heavy atom. The highest BCUT2D eigenvalue weighted by Gasteiger charge is 2.24. The molecular weight excluding hydrogens is 226 g/mol. The van der Waals surface area contributed by atoms with Gasteiger partial charge in [0.15, 0.2) is 0 Å². The number of esters is 1. The smallest absolute Gasteiger partial charge is 0.340 e. The van der Waals surface area contributed by atoms with Gasteiger partial charge in [0.2, 0.25) is 0 Å². The zero-order valence-electron chi connectivity index (χ0n) is 10.1. The van der Waals surface area contributed by atoms with E-state index in [4.69, 9.17) is 4.74 Å². The predicted molar refractivity (Wildman–Crippen MR) is 68.4 cm³/mol. The van der Waals surface area contributed by atoms with Gasteiger partial charge in [0.05, 0.1) is 17.9 Å². The van der Waals surface area contributed by atoms with Crippen LogP contribution in [0.5, 0.6) is 0 Å². The quantitative estimate of drug-likeness (QED) is 0.718. The van der Waals surface area contributed by atoms with Gasteiger partial charge in [-0.1, -0.05) is 30.3 Å². The summed E-state index contributed by atoms with van der Waals surface area (Å²) in [6.07, 6.45) is 0.768. The molecule has 0 radical (unpaired) electrons. The van der Waals surface area contributed by atoms with Crippen LogP contribution in [0.2, 0.25) is 0 Å². The van der Waals surface area contributed by atoms with Gasteiger partial charge in [0, 0.05) is 17.7 Å². The van der Waals surface area contributed by atoms with Crippen LogP contribution in [0.1, 0.15) is 21.6 Å². The number of carbonyl (C=O) groups is 1. The molecule has 2 aromatic rings. The van der Waals surface area contributed by atoms with Crippen molar-refractivity contribution in [3.63, 3.8) is 0 Å². The first-order chi connectivity index (χ1) is 8.75. The van der Waals surface area contributed by atoms with Crippen molar-refractivity contribution < 1.29 is 9.53 Å². The number of rotatable bonds is 1. The summed E-state index contributed by atoms with van der Waals surface area (Å²) in [7, 11) is 0. The van der Waals surface area contributed by atoms with Crippen molar-refractivity contribution >= 4 is 5.97 Å². The van der Waals surface area contributed by atoms with Gasteiger partial charge in [-0.05, 0) is 18.6 Å². The molecule has 3 nitrogen and oxygen atoms in total. The lowest BCUT2D eigenvalue weighted by atomic mass is 9.97. The van der Waals surface area contributed by atoms with Gasteiger partial charge in [-0.25, -0.2) is 4.79 Å². The largest absolute Gasteiger partial charge is 0.462 e. The summed E-state index contributed by atoms with van der Waals surface area (Å²) in [5.41, 5.74) is 4.28. The van der Waals surface area contributed by atoms with Gasteiger partial charge in [-0.3, -0.25) is 4.98 Å². The van der Waals surface area contributed by atoms with Crippen molar-refractivity contribution in [2.24, 2.45) is 0 Å². The highest BCUT2D eigenvalue weighted by Crippen LogP contribution is 2.28. The van der Waals surface area contributed by atoms with E-state index in [0.29, 0.717) is 12.2 Å². The molecule has 18 heavy (non-hydrogen) atoms. The number of carbonyl (C=O) groups excluding carboxylic acids is 1. The molecule has 1 aromatic carbocycles. The first-order valence-electron chi connectivity index (χ1n) is 5.99. The third-order valence-electron chi connectivity index (χ3n) is 3.09. The zero-order valence-corrected chi connectivity index (χ0v) is 10.1. The molecule has 0 unspecified atom stereocenters. The van der Waals surface area contributed by atoms with Crippen LogP contribution in [0, 0.1) is 6.92 Å². The number of hydrogen-bond donors (Lipinski definition) is 0. The van der Waals surface area contributed by atoms with E-state index in [-0.39, 0.29) is 5.97 Å². The molecule has 1 aromatic heterocycles. The van der Waals surface area contributed by atoms with Crippen LogP contribution in [-0.4, -0.2) is 17.6 Å². The number of aromatic nitrogens is 1. The number of hydrogen-bond acceptors (Lipinski definition) is 3. The van der Waals surface area contributed by atoms with E-state index in [2.05, 4.69) is 4.98 Å². The van der Waals surface area contributed by atoms with Crippen molar-refractivity contribution in [3.05, 3.63) is 53.2 Å². The molecule has 0 saturated carbocycles. The molecule has 0 fully saturated rings. The van der Waals surface area contributed by atoms with E-state index in [9.17, 15) is 4.79 Å². The Morgan fingerprint density at radius 3 is 2.78 bits per heavy atom. The maximum absolute atomic E-state index is 11.9. The molecule has 0 atom stereocenters. The number of ether oxygens (including phenoxy) is 1. The number of fused-ring (bicyclic) bond motifs is 1. The monoisotopic (exact) mass is 239 g/mol. The second-order valence-corrected chi connectivity index (χ2v) is 4.40. The van der Waals surface area contributed by atoms with Crippen LogP contribution < -0.4 is 0 Å². The lowest BCUT2D eigenvalue weighted by Crippen LogP contribution is -2.19. The van der Waals surface area contributed by atoms with Gasteiger partial charge < -0.3 is 4.74 Å². The first kappa shape index (κ1) is 11.0.